The third kappa shape index (κ3) is 6.44. The van der Waals surface area contributed by atoms with E-state index in [4.69, 9.17) is 9.47 Å². The molecule has 1 aliphatic heterocycles. The van der Waals surface area contributed by atoms with Crippen LogP contribution in [-0.2, 0) is 13.1 Å². The molecule has 1 aromatic heterocycles. The smallest absolute Gasteiger partial charge is 0.422 e. The van der Waals surface area contributed by atoms with Crippen LogP contribution in [0.25, 0.3) is 0 Å². The van der Waals surface area contributed by atoms with Gasteiger partial charge in [-0.15, -0.1) is 0 Å². The highest BCUT2D eigenvalue weighted by Crippen LogP contribution is 2.32. The number of alkyl halides is 3. The van der Waals surface area contributed by atoms with Gasteiger partial charge in [-0.3, -0.25) is 0 Å². The second-order valence-electron chi connectivity index (χ2n) is 6.14. The molecule has 0 aliphatic carbocycles. The van der Waals surface area contributed by atoms with Crippen molar-refractivity contribution in [1.29, 1.82) is 0 Å². The van der Waals surface area contributed by atoms with Crippen LogP contribution in [0.15, 0.2) is 41.5 Å². The average Bonchev–Trinajstić information content (AvgIpc) is 3.16. The summed E-state index contributed by atoms with van der Waals surface area (Å²) in [5.74, 6) is 1.89. The van der Waals surface area contributed by atoms with E-state index in [2.05, 4.69) is 25.3 Å². The highest BCUT2D eigenvalue weighted by molar-refractivity contribution is 5.79. The van der Waals surface area contributed by atoms with E-state index < -0.39 is 12.8 Å². The van der Waals surface area contributed by atoms with Crippen LogP contribution in [0, 0.1) is 0 Å². The minimum atomic E-state index is -4.41. The minimum absolute atomic E-state index is 0.0797. The molecule has 0 atom stereocenters. The van der Waals surface area contributed by atoms with Gasteiger partial charge in [0.2, 0.25) is 12.7 Å². The quantitative estimate of drug-likeness (QED) is 0.540. The number of nitrogens with zero attached hydrogens (tertiary/aromatic N) is 2. The van der Waals surface area contributed by atoms with Crippen molar-refractivity contribution in [3.8, 4) is 17.4 Å². The number of halogens is 3. The molecule has 0 saturated heterocycles. The molecule has 0 saturated carbocycles. The maximum absolute atomic E-state index is 12.3. The van der Waals surface area contributed by atoms with Gasteiger partial charge in [0.1, 0.15) is 0 Å². The first-order chi connectivity index (χ1) is 13.9. The maximum atomic E-state index is 12.3. The Labute approximate surface area is 165 Å². The van der Waals surface area contributed by atoms with E-state index in [9.17, 15) is 13.2 Å². The Morgan fingerprint density at radius 2 is 1.97 bits per heavy atom. The predicted octanol–water partition coefficient (Wildman–Crippen LogP) is 3.01. The molecule has 2 heterocycles. The number of rotatable bonds is 7. The standard InChI is InChI=1S/C19H21F3N4O3/c1-2-23-18(25-9-13-3-4-15-16(7-13)29-12-28-15)26-10-14-5-6-24-17(8-14)27-11-19(20,21)22/h3-8H,2,9-12H2,1H3,(H2,23,25,26). The van der Waals surface area contributed by atoms with Crippen LogP contribution in [0.5, 0.6) is 17.4 Å². The fourth-order valence-corrected chi connectivity index (χ4v) is 2.53. The lowest BCUT2D eigenvalue weighted by molar-refractivity contribution is -0.154. The molecule has 0 radical (unpaired) electrons. The molecular formula is C19H21F3N4O3. The van der Waals surface area contributed by atoms with Crippen LogP contribution >= 0.6 is 0 Å². The second kappa shape index (κ2) is 9.35. The van der Waals surface area contributed by atoms with Crippen LogP contribution < -0.4 is 24.8 Å². The van der Waals surface area contributed by atoms with E-state index in [1.807, 2.05) is 25.1 Å². The first-order valence-electron chi connectivity index (χ1n) is 8.98. The zero-order valence-corrected chi connectivity index (χ0v) is 15.8. The van der Waals surface area contributed by atoms with Crippen LogP contribution in [0.2, 0.25) is 0 Å². The third-order valence-corrected chi connectivity index (χ3v) is 3.84. The number of aliphatic imine (C=N–C) groups is 1. The fraction of sp³-hybridized carbons (Fsp3) is 0.368. The summed E-state index contributed by atoms with van der Waals surface area (Å²) in [5, 5.41) is 6.26. The number of ether oxygens (including phenoxy) is 3. The summed E-state index contributed by atoms with van der Waals surface area (Å²) in [4.78, 5) is 8.31. The SMILES string of the molecule is CCNC(=NCc1ccc2c(c1)OCO2)NCc1ccnc(OCC(F)(F)F)c1. The molecule has 1 aliphatic rings. The van der Waals surface area contributed by atoms with Gasteiger partial charge in [-0.25, -0.2) is 9.98 Å². The molecule has 2 aromatic rings. The van der Waals surface area contributed by atoms with E-state index >= 15 is 0 Å². The molecular weight excluding hydrogens is 389 g/mol. The molecule has 0 fully saturated rings. The van der Waals surface area contributed by atoms with Crippen molar-refractivity contribution in [2.45, 2.75) is 26.2 Å². The lowest BCUT2D eigenvalue weighted by Crippen LogP contribution is -2.36. The van der Waals surface area contributed by atoms with Gasteiger partial charge in [-0.1, -0.05) is 6.07 Å². The van der Waals surface area contributed by atoms with Crippen LogP contribution in [-0.4, -0.2) is 37.1 Å². The number of hydrogen-bond donors (Lipinski definition) is 2. The number of hydrogen-bond acceptors (Lipinski definition) is 5. The zero-order chi connectivity index (χ0) is 20.7. The highest BCUT2D eigenvalue weighted by atomic mass is 19.4. The van der Waals surface area contributed by atoms with E-state index in [1.54, 1.807) is 6.07 Å². The van der Waals surface area contributed by atoms with E-state index in [1.165, 1.54) is 12.3 Å². The first-order valence-corrected chi connectivity index (χ1v) is 8.98. The number of benzene rings is 1. The first kappa shape index (κ1) is 20.6. The lowest BCUT2D eigenvalue weighted by Gasteiger charge is -2.12. The third-order valence-electron chi connectivity index (χ3n) is 3.84. The Morgan fingerprint density at radius 3 is 2.76 bits per heavy atom. The summed E-state index contributed by atoms with van der Waals surface area (Å²) < 4.78 is 52.2. The molecule has 0 spiro atoms. The van der Waals surface area contributed by atoms with Gasteiger partial charge in [0.05, 0.1) is 6.54 Å². The normalized spacial score (nSPS) is 13.3. The van der Waals surface area contributed by atoms with Crippen molar-refractivity contribution < 1.29 is 27.4 Å². The summed E-state index contributed by atoms with van der Waals surface area (Å²) in [6.07, 6.45) is -3.01. The van der Waals surface area contributed by atoms with E-state index in [0.29, 0.717) is 42.7 Å². The van der Waals surface area contributed by atoms with Crippen molar-refractivity contribution in [3.63, 3.8) is 0 Å². The molecule has 0 bridgehead atoms. The van der Waals surface area contributed by atoms with E-state index in [-0.39, 0.29) is 12.7 Å². The molecule has 2 N–H and O–H groups in total. The number of nitrogens with one attached hydrogen (secondary N) is 2. The van der Waals surface area contributed by atoms with Gasteiger partial charge in [-0.05, 0) is 36.2 Å². The van der Waals surface area contributed by atoms with Crippen molar-refractivity contribution in [3.05, 3.63) is 47.7 Å². The molecule has 156 valence electrons. The van der Waals surface area contributed by atoms with Gasteiger partial charge in [0, 0.05) is 25.4 Å². The van der Waals surface area contributed by atoms with Crippen LogP contribution in [0.3, 0.4) is 0 Å². The summed E-state index contributed by atoms with van der Waals surface area (Å²) in [6.45, 7) is 2.19. The largest absolute Gasteiger partial charge is 0.468 e. The Bertz CT molecular complexity index is 859. The predicted molar refractivity (Wildman–Crippen MR) is 100 cm³/mol. The van der Waals surface area contributed by atoms with E-state index in [0.717, 1.165) is 5.56 Å². The highest BCUT2D eigenvalue weighted by Gasteiger charge is 2.28. The Hall–Kier alpha value is -3.17. The maximum Gasteiger partial charge on any atom is 0.422 e. The van der Waals surface area contributed by atoms with Gasteiger partial charge >= 0.3 is 6.18 Å². The second-order valence-corrected chi connectivity index (χ2v) is 6.14. The van der Waals surface area contributed by atoms with Crippen molar-refractivity contribution >= 4 is 5.96 Å². The number of aromatic nitrogens is 1. The summed E-state index contributed by atoms with van der Waals surface area (Å²) >= 11 is 0. The topological polar surface area (TPSA) is 77.0 Å². The van der Waals surface area contributed by atoms with Crippen molar-refractivity contribution in [2.75, 3.05) is 19.9 Å². The van der Waals surface area contributed by atoms with Gasteiger partial charge in [0.25, 0.3) is 0 Å². The van der Waals surface area contributed by atoms with Gasteiger partial charge in [-0.2, -0.15) is 13.2 Å². The van der Waals surface area contributed by atoms with Crippen molar-refractivity contribution in [1.82, 2.24) is 15.6 Å². The lowest BCUT2D eigenvalue weighted by atomic mass is 10.2. The minimum Gasteiger partial charge on any atom is -0.468 e. The van der Waals surface area contributed by atoms with Gasteiger partial charge in [0.15, 0.2) is 24.1 Å². The average molecular weight is 410 g/mol. The number of guanidine groups is 1. The Balaban J connectivity index is 1.58. The molecule has 0 unspecified atom stereocenters. The molecule has 29 heavy (non-hydrogen) atoms. The summed E-state index contributed by atoms with van der Waals surface area (Å²) in [5.41, 5.74) is 1.67. The zero-order valence-electron chi connectivity index (χ0n) is 15.8. The summed E-state index contributed by atoms with van der Waals surface area (Å²) in [7, 11) is 0. The summed E-state index contributed by atoms with van der Waals surface area (Å²) in [6, 6.07) is 8.78. The molecule has 0 amide bonds. The van der Waals surface area contributed by atoms with Crippen molar-refractivity contribution in [2.24, 2.45) is 4.99 Å². The van der Waals surface area contributed by atoms with Crippen LogP contribution in [0.1, 0.15) is 18.1 Å². The Kier molecular flexibility index (Phi) is 6.63. The molecule has 3 rings (SSSR count). The molecule has 10 heteroatoms. The Morgan fingerprint density at radius 1 is 1.14 bits per heavy atom. The van der Waals surface area contributed by atoms with Crippen LogP contribution in [0.4, 0.5) is 13.2 Å². The fourth-order valence-electron chi connectivity index (χ4n) is 2.53. The molecule has 7 nitrogen and oxygen atoms in total. The number of fused-ring (bicyclic) bond motifs is 1. The molecule has 1 aromatic carbocycles. The monoisotopic (exact) mass is 410 g/mol. The van der Waals surface area contributed by atoms with Gasteiger partial charge < -0.3 is 24.8 Å². The number of pyridine rings is 1.